The topological polar surface area (TPSA) is 56.1 Å². The van der Waals surface area contributed by atoms with Gasteiger partial charge in [0.1, 0.15) is 5.65 Å². The predicted molar refractivity (Wildman–Crippen MR) is 119 cm³/mol. The van der Waals surface area contributed by atoms with Crippen molar-refractivity contribution in [2.75, 3.05) is 34.4 Å². The summed E-state index contributed by atoms with van der Waals surface area (Å²) in [5.74, 6) is 1.25. The van der Waals surface area contributed by atoms with Crippen molar-refractivity contribution in [2.24, 2.45) is 0 Å². The van der Waals surface area contributed by atoms with Crippen LogP contribution in [-0.2, 0) is 6.42 Å². The molecule has 2 aromatic heterocycles. The molecule has 0 atom stereocenters. The minimum atomic E-state index is -0.0881. The second-order valence-corrected chi connectivity index (χ2v) is 7.59. The summed E-state index contributed by atoms with van der Waals surface area (Å²) in [6.07, 6.45) is 5.96. The van der Waals surface area contributed by atoms with Crippen LogP contribution >= 0.6 is 0 Å². The first-order valence-corrected chi connectivity index (χ1v) is 10.2. The molecular formula is C24H27N3O3. The fourth-order valence-corrected chi connectivity index (χ4v) is 3.88. The average molecular weight is 405 g/mol. The molecule has 0 unspecified atom stereocenters. The lowest BCUT2D eigenvalue weighted by atomic mass is 9.99. The van der Waals surface area contributed by atoms with Crippen LogP contribution in [-0.4, -0.2) is 48.6 Å². The molecule has 0 spiro atoms. The van der Waals surface area contributed by atoms with Gasteiger partial charge in [0.25, 0.3) is 5.56 Å². The van der Waals surface area contributed by atoms with Crippen LogP contribution < -0.4 is 15.0 Å². The minimum absolute atomic E-state index is 0.0881. The highest BCUT2D eigenvalue weighted by molar-refractivity contribution is 5.71. The lowest BCUT2D eigenvalue weighted by Crippen LogP contribution is -2.24. The van der Waals surface area contributed by atoms with Crippen LogP contribution in [0.15, 0.2) is 47.4 Å². The molecule has 0 amide bonds. The van der Waals surface area contributed by atoms with Crippen LogP contribution in [0.2, 0.25) is 0 Å². The van der Waals surface area contributed by atoms with E-state index in [-0.39, 0.29) is 5.56 Å². The molecule has 0 saturated carbocycles. The van der Waals surface area contributed by atoms with Gasteiger partial charge in [-0.2, -0.15) is 0 Å². The second kappa shape index (κ2) is 8.32. The highest BCUT2D eigenvalue weighted by atomic mass is 16.5. The van der Waals surface area contributed by atoms with Crippen LogP contribution in [0.3, 0.4) is 0 Å². The minimum Gasteiger partial charge on any atom is -0.493 e. The summed E-state index contributed by atoms with van der Waals surface area (Å²) in [4.78, 5) is 20.2. The molecular weight excluding hydrogens is 378 g/mol. The van der Waals surface area contributed by atoms with Gasteiger partial charge in [0.2, 0.25) is 0 Å². The summed E-state index contributed by atoms with van der Waals surface area (Å²) in [7, 11) is 5.32. The molecule has 4 rings (SSSR count). The van der Waals surface area contributed by atoms with Crippen LogP contribution in [0.25, 0.3) is 22.5 Å². The zero-order chi connectivity index (χ0) is 21.3. The number of aryl methyl sites for hydroxylation is 1. The summed E-state index contributed by atoms with van der Waals surface area (Å²) >= 11 is 0. The quantitative estimate of drug-likeness (QED) is 0.648. The van der Waals surface area contributed by atoms with E-state index in [4.69, 9.17) is 14.5 Å². The Morgan fingerprint density at radius 2 is 1.87 bits per heavy atom. The SMILES string of the molecule is CCc1cc(C2=CCN(C)CC2)cn2c(=O)cc(-c3ccc(OC)c(OC)c3)nc12. The number of likely N-dealkylation sites (N-methyl/N-ethyl adjacent to an activating group) is 1. The van der Waals surface area contributed by atoms with E-state index < -0.39 is 0 Å². The number of benzene rings is 1. The normalized spacial score (nSPS) is 14.6. The smallest absolute Gasteiger partial charge is 0.258 e. The van der Waals surface area contributed by atoms with E-state index in [1.54, 1.807) is 24.7 Å². The first-order valence-electron chi connectivity index (χ1n) is 10.2. The lowest BCUT2D eigenvalue weighted by molar-refractivity contribution is 0.355. The van der Waals surface area contributed by atoms with Crippen LogP contribution in [0.1, 0.15) is 24.5 Å². The van der Waals surface area contributed by atoms with Gasteiger partial charge in [-0.05, 0) is 60.9 Å². The number of pyridine rings is 1. The Morgan fingerprint density at radius 1 is 1.07 bits per heavy atom. The van der Waals surface area contributed by atoms with E-state index in [2.05, 4.69) is 31.0 Å². The van der Waals surface area contributed by atoms with Gasteiger partial charge in [0.05, 0.1) is 19.9 Å². The molecule has 1 aliphatic rings. The molecule has 3 aromatic rings. The zero-order valence-corrected chi connectivity index (χ0v) is 17.9. The molecule has 30 heavy (non-hydrogen) atoms. The lowest BCUT2D eigenvalue weighted by Gasteiger charge is -2.22. The molecule has 0 saturated heterocycles. The van der Waals surface area contributed by atoms with Crippen molar-refractivity contribution in [1.82, 2.24) is 14.3 Å². The maximum absolute atomic E-state index is 13.0. The van der Waals surface area contributed by atoms with Crippen molar-refractivity contribution in [3.8, 4) is 22.8 Å². The average Bonchev–Trinajstić information content (AvgIpc) is 2.78. The summed E-state index contributed by atoms with van der Waals surface area (Å²) in [5.41, 5.74) is 5.52. The zero-order valence-electron chi connectivity index (χ0n) is 17.9. The van der Waals surface area contributed by atoms with Crippen molar-refractivity contribution in [1.29, 1.82) is 0 Å². The van der Waals surface area contributed by atoms with Gasteiger partial charge in [-0.15, -0.1) is 0 Å². The molecule has 3 heterocycles. The van der Waals surface area contributed by atoms with Gasteiger partial charge in [-0.25, -0.2) is 4.98 Å². The van der Waals surface area contributed by atoms with Crippen LogP contribution in [0, 0.1) is 0 Å². The van der Waals surface area contributed by atoms with Gasteiger partial charge in [-0.3, -0.25) is 9.20 Å². The van der Waals surface area contributed by atoms with E-state index in [9.17, 15) is 4.79 Å². The van der Waals surface area contributed by atoms with Crippen molar-refractivity contribution < 1.29 is 9.47 Å². The third kappa shape index (κ3) is 3.71. The molecule has 1 aromatic carbocycles. The predicted octanol–water partition coefficient (Wildman–Crippen LogP) is 3.66. The van der Waals surface area contributed by atoms with Crippen molar-refractivity contribution in [2.45, 2.75) is 19.8 Å². The molecule has 0 radical (unpaired) electrons. The number of rotatable bonds is 5. The molecule has 1 aliphatic heterocycles. The maximum Gasteiger partial charge on any atom is 0.258 e. The summed E-state index contributed by atoms with van der Waals surface area (Å²) in [6.45, 7) is 4.05. The fourth-order valence-electron chi connectivity index (χ4n) is 3.88. The molecule has 0 fully saturated rings. The number of fused-ring (bicyclic) bond motifs is 1. The van der Waals surface area contributed by atoms with Crippen molar-refractivity contribution >= 4 is 11.2 Å². The third-order valence-electron chi connectivity index (χ3n) is 5.68. The number of hydrogen-bond donors (Lipinski definition) is 0. The van der Waals surface area contributed by atoms with E-state index in [1.165, 1.54) is 5.57 Å². The first-order chi connectivity index (χ1) is 14.5. The number of aromatic nitrogens is 2. The number of nitrogens with zero attached hydrogens (tertiary/aromatic N) is 3. The standard InChI is InChI=1S/C24H27N3O3/c1-5-16-12-19(17-8-10-26(2)11-9-17)15-27-23(28)14-20(25-24(16)27)18-6-7-21(29-3)22(13-18)30-4/h6-8,12-15H,5,9-11H2,1-4H3. The monoisotopic (exact) mass is 405 g/mol. The Kier molecular flexibility index (Phi) is 5.59. The highest BCUT2D eigenvalue weighted by Gasteiger charge is 2.15. The molecule has 156 valence electrons. The Bertz CT molecular complexity index is 1180. The van der Waals surface area contributed by atoms with Crippen LogP contribution in [0.5, 0.6) is 11.5 Å². The van der Waals surface area contributed by atoms with E-state index in [0.717, 1.165) is 42.6 Å². The molecule has 0 N–H and O–H groups in total. The first kappa shape index (κ1) is 20.2. The van der Waals surface area contributed by atoms with Gasteiger partial charge in [0.15, 0.2) is 11.5 Å². The maximum atomic E-state index is 13.0. The fraction of sp³-hybridized carbons (Fsp3) is 0.333. The van der Waals surface area contributed by atoms with Crippen molar-refractivity contribution in [3.05, 3.63) is 64.1 Å². The van der Waals surface area contributed by atoms with Crippen molar-refractivity contribution in [3.63, 3.8) is 0 Å². The van der Waals surface area contributed by atoms with E-state index in [0.29, 0.717) is 22.8 Å². The Labute approximate surface area is 176 Å². The molecule has 6 heteroatoms. The Hall–Kier alpha value is -3.12. The van der Waals surface area contributed by atoms with Gasteiger partial charge in [0, 0.05) is 30.9 Å². The van der Waals surface area contributed by atoms with Crippen LogP contribution in [0.4, 0.5) is 0 Å². The highest BCUT2D eigenvalue weighted by Crippen LogP contribution is 2.32. The summed E-state index contributed by atoms with van der Waals surface area (Å²) in [6, 6.07) is 9.33. The molecule has 6 nitrogen and oxygen atoms in total. The largest absolute Gasteiger partial charge is 0.493 e. The molecule has 0 aliphatic carbocycles. The third-order valence-corrected chi connectivity index (χ3v) is 5.68. The van der Waals surface area contributed by atoms with Gasteiger partial charge in [-0.1, -0.05) is 13.0 Å². The summed E-state index contributed by atoms with van der Waals surface area (Å²) in [5, 5.41) is 0. The van der Waals surface area contributed by atoms with E-state index >= 15 is 0 Å². The van der Waals surface area contributed by atoms with E-state index in [1.807, 2.05) is 24.4 Å². The summed E-state index contributed by atoms with van der Waals surface area (Å²) < 4.78 is 12.4. The number of hydrogen-bond acceptors (Lipinski definition) is 5. The number of ether oxygens (including phenoxy) is 2. The van der Waals surface area contributed by atoms with Gasteiger partial charge < -0.3 is 14.4 Å². The molecule has 0 bridgehead atoms. The second-order valence-electron chi connectivity index (χ2n) is 7.59. The Balaban J connectivity index is 1.85. The Morgan fingerprint density at radius 3 is 2.53 bits per heavy atom. The number of methoxy groups -OCH3 is 2. The van der Waals surface area contributed by atoms with Gasteiger partial charge >= 0.3 is 0 Å².